The van der Waals surface area contributed by atoms with Crippen molar-refractivity contribution in [3.63, 3.8) is 0 Å². The average molecular weight is 271 g/mol. The third kappa shape index (κ3) is 2.02. The Morgan fingerprint density at radius 1 is 1.37 bits per heavy atom. The molecule has 2 aromatic heterocycles. The number of aryl methyl sites for hydroxylation is 1. The lowest BCUT2D eigenvalue weighted by Gasteiger charge is -2.16. The molecule has 3 nitrogen and oxygen atoms in total. The number of nitrogens with zero attached hydrogens (tertiary/aromatic N) is 2. The summed E-state index contributed by atoms with van der Waals surface area (Å²) in [5.41, 5.74) is 10.1. The van der Waals surface area contributed by atoms with Gasteiger partial charge in [0.1, 0.15) is 5.82 Å². The van der Waals surface area contributed by atoms with Gasteiger partial charge in [0.15, 0.2) is 0 Å². The summed E-state index contributed by atoms with van der Waals surface area (Å²) < 4.78 is 2.32. The van der Waals surface area contributed by atoms with Gasteiger partial charge in [0, 0.05) is 12.1 Å². The van der Waals surface area contributed by atoms with E-state index >= 15 is 0 Å². The van der Waals surface area contributed by atoms with Crippen LogP contribution in [0.2, 0.25) is 0 Å². The Kier molecular flexibility index (Phi) is 3.03. The van der Waals surface area contributed by atoms with Crippen molar-refractivity contribution in [3.8, 4) is 0 Å². The van der Waals surface area contributed by atoms with Gasteiger partial charge in [-0.15, -0.1) is 0 Å². The minimum atomic E-state index is 0.301. The first-order chi connectivity index (χ1) is 9.20. The molecule has 98 valence electrons. The Hall–Kier alpha value is -1.81. The summed E-state index contributed by atoms with van der Waals surface area (Å²) in [5, 5.41) is 4.32. The third-order valence-corrected chi connectivity index (χ3v) is 4.22. The van der Waals surface area contributed by atoms with Gasteiger partial charge < -0.3 is 10.3 Å². The zero-order chi connectivity index (χ0) is 13.4. The number of imidazole rings is 1. The van der Waals surface area contributed by atoms with E-state index in [1.165, 1.54) is 5.56 Å². The average Bonchev–Trinajstić information content (AvgIpc) is 3.04. The van der Waals surface area contributed by atoms with Gasteiger partial charge in [-0.05, 0) is 47.5 Å². The van der Waals surface area contributed by atoms with Crippen molar-refractivity contribution in [2.45, 2.75) is 26.3 Å². The number of thiophene rings is 1. The standard InChI is InChI=1S/C15H17N3S/c1-3-15-17-13-8-12(16)4-5-14(13)18(15)10(2)11-6-7-19-9-11/h4-10H,3,16H2,1-2H3. The molecule has 0 saturated heterocycles. The van der Waals surface area contributed by atoms with Crippen LogP contribution in [-0.2, 0) is 6.42 Å². The molecule has 1 atom stereocenters. The number of benzene rings is 1. The number of aromatic nitrogens is 2. The van der Waals surface area contributed by atoms with Crippen LogP contribution in [-0.4, -0.2) is 9.55 Å². The summed E-state index contributed by atoms with van der Waals surface area (Å²) in [5.74, 6) is 1.11. The van der Waals surface area contributed by atoms with Gasteiger partial charge >= 0.3 is 0 Å². The second kappa shape index (κ2) is 4.70. The fourth-order valence-corrected chi connectivity index (χ4v) is 3.26. The number of nitrogens with two attached hydrogens (primary N) is 1. The van der Waals surface area contributed by atoms with Crippen LogP contribution in [0.25, 0.3) is 11.0 Å². The van der Waals surface area contributed by atoms with Crippen molar-refractivity contribution in [1.82, 2.24) is 9.55 Å². The maximum absolute atomic E-state index is 5.85. The molecular formula is C15H17N3S. The van der Waals surface area contributed by atoms with Crippen molar-refractivity contribution in [3.05, 3.63) is 46.4 Å². The first kappa shape index (κ1) is 12.2. The van der Waals surface area contributed by atoms with E-state index in [4.69, 9.17) is 10.7 Å². The number of nitrogen functional groups attached to an aromatic ring is 1. The summed E-state index contributed by atoms with van der Waals surface area (Å²) in [7, 11) is 0. The minimum absolute atomic E-state index is 0.301. The number of fused-ring (bicyclic) bond motifs is 1. The van der Waals surface area contributed by atoms with E-state index in [9.17, 15) is 0 Å². The summed E-state index contributed by atoms with van der Waals surface area (Å²) in [6.45, 7) is 4.36. The maximum atomic E-state index is 5.85. The SMILES string of the molecule is CCc1nc2cc(N)ccc2n1C(C)c1ccsc1. The number of hydrogen-bond acceptors (Lipinski definition) is 3. The van der Waals surface area contributed by atoms with E-state index in [1.54, 1.807) is 11.3 Å². The van der Waals surface area contributed by atoms with Gasteiger partial charge in [-0.3, -0.25) is 0 Å². The van der Waals surface area contributed by atoms with E-state index < -0.39 is 0 Å². The predicted octanol–water partition coefficient (Wildman–Crippen LogP) is 3.85. The molecule has 3 rings (SSSR count). The number of anilines is 1. The van der Waals surface area contributed by atoms with Gasteiger partial charge in [-0.2, -0.15) is 11.3 Å². The molecule has 1 aromatic carbocycles. The van der Waals surface area contributed by atoms with Crippen molar-refractivity contribution in [2.24, 2.45) is 0 Å². The van der Waals surface area contributed by atoms with Gasteiger partial charge in [0.25, 0.3) is 0 Å². The zero-order valence-electron chi connectivity index (χ0n) is 11.1. The lowest BCUT2D eigenvalue weighted by atomic mass is 10.1. The van der Waals surface area contributed by atoms with Crippen molar-refractivity contribution < 1.29 is 0 Å². The Bertz CT molecular complexity index is 698. The third-order valence-electron chi connectivity index (χ3n) is 3.52. The van der Waals surface area contributed by atoms with Crippen molar-refractivity contribution >= 4 is 28.1 Å². The van der Waals surface area contributed by atoms with E-state index in [0.717, 1.165) is 29.0 Å². The van der Waals surface area contributed by atoms with Crippen LogP contribution in [0.5, 0.6) is 0 Å². The zero-order valence-corrected chi connectivity index (χ0v) is 11.9. The maximum Gasteiger partial charge on any atom is 0.110 e. The van der Waals surface area contributed by atoms with E-state index in [2.05, 4.69) is 41.3 Å². The highest BCUT2D eigenvalue weighted by Crippen LogP contribution is 2.28. The molecule has 0 amide bonds. The Balaban J connectivity index is 2.21. The molecule has 2 N–H and O–H groups in total. The van der Waals surface area contributed by atoms with E-state index in [1.807, 2.05) is 12.1 Å². The molecule has 19 heavy (non-hydrogen) atoms. The molecule has 1 unspecified atom stereocenters. The van der Waals surface area contributed by atoms with E-state index in [0.29, 0.717) is 6.04 Å². The number of rotatable bonds is 3. The lowest BCUT2D eigenvalue weighted by Crippen LogP contribution is -2.09. The molecule has 4 heteroatoms. The molecule has 3 aromatic rings. The monoisotopic (exact) mass is 271 g/mol. The van der Waals surface area contributed by atoms with Gasteiger partial charge in [-0.25, -0.2) is 4.98 Å². The van der Waals surface area contributed by atoms with Crippen LogP contribution < -0.4 is 5.73 Å². The molecule has 0 bridgehead atoms. The molecule has 2 heterocycles. The highest BCUT2D eigenvalue weighted by atomic mass is 32.1. The summed E-state index contributed by atoms with van der Waals surface area (Å²) in [4.78, 5) is 4.71. The highest BCUT2D eigenvalue weighted by molar-refractivity contribution is 7.07. The second-order valence-corrected chi connectivity index (χ2v) is 5.51. The summed E-state index contributed by atoms with van der Waals surface area (Å²) >= 11 is 1.73. The predicted molar refractivity (Wildman–Crippen MR) is 81.7 cm³/mol. The molecule has 0 spiro atoms. The molecule has 0 saturated carbocycles. The van der Waals surface area contributed by atoms with Crippen LogP contribution in [0.15, 0.2) is 35.0 Å². The fourth-order valence-electron chi connectivity index (χ4n) is 2.51. The summed E-state index contributed by atoms with van der Waals surface area (Å²) in [6, 6.07) is 8.44. The topological polar surface area (TPSA) is 43.8 Å². The molecule has 0 aliphatic carbocycles. The molecule has 0 fully saturated rings. The molecule has 0 aliphatic rings. The van der Waals surface area contributed by atoms with Crippen LogP contribution in [0.3, 0.4) is 0 Å². The van der Waals surface area contributed by atoms with Gasteiger partial charge in [0.2, 0.25) is 0 Å². The van der Waals surface area contributed by atoms with Crippen molar-refractivity contribution in [1.29, 1.82) is 0 Å². The normalized spacial score (nSPS) is 12.9. The largest absolute Gasteiger partial charge is 0.399 e. The summed E-state index contributed by atoms with van der Waals surface area (Å²) in [6.07, 6.45) is 0.920. The Morgan fingerprint density at radius 2 is 2.21 bits per heavy atom. The minimum Gasteiger partial charge on any atom is -0.399 e. The lowest BCUT2D eigenvalue weighted by molar-refractivity contribution is 0.625. The smallest absolute Gasteiger partial charge is 0.110 e. The Labute approximate surface area is 116 Å². The van der Waals surface area contributed by atoms with Gasteiger partial charge in [-0.1, -0.05) is 6.92 Å². The first-order valence-electron chi connectivity index (χ1n) is 6.49. The van der Waals surface area contributed by atoms with E-state index in [-0.39, 0.29) is 0 Å². The van der Waals surface area contributed by atoms with Crippen LogP contribution in [0, 0.1) is 0 Å². The molecule has 0 radical (unpaired) electrons. The van der Waals surface area contributed by atoms with Gasteiger partial charge in [0.05, 0.1) is 17.1 Å². The highest BCUT2D eigenvalue weighted by Gasteiger charge is 2.16. The van der Waals surface area contributed by atoms with Crippen LogP contribution in [0.1, 0.15) is 31.3 Å². The van der Waals surface area contributed by atoms with Crippen molar-refractivity contribution in [2.75, 3.05) is 5.73 Å². The molecular weight excluding hydrogens is 254 g/mol. The van der Waals surface area contributed by atoms with Crippen LogP contribution >= 0.6 is 11.3 Å². The quantitative estimate of drug-likeness (QED) is 0.735. The number of hydrogen-bond donors (Lipinski definition) is 1. The first-order valence-corrected chi connectivity index (χ1v) is 7.43. The second-order valence-electron chi connectivity index (χ2n) is 4.73. The Morgan fingerprint density at radius 3 is 2.89 bits per heavy atom. The molecule has 0 aliphatic heterocycles. The fraction of sp³-hybridized carbons (Fsp3) is 0.267. The van der Waals surface area contributed by atoms with Crippen LogP contribution in [0.4, 0.5) is 5.69 Å².